The summed E-state index contributed by atoms with van der Waals surface area (Å²) in [6, 6.07) is 10.5. The van der Waals surface area contributed by atoms with E-state index in [-0.39, 0.29) is 6.04 Å². The van der Waals surface area contributed by atoms with Gasteiger partial charge >= 0.3 is 0 Å². The van der Waals surface area contributed by atoms with E-state index in [0.29, 0.717) is 0 Å². The van der Waals surface area contributed by atoms with Crippen LogP contribution in [0.2, 0.25) is 0 Å². The van der Waals surface area contributed by atoms with Crippen LogP contribution in [0, 0.1) is 13.8 Å². The normalized spacial score (nSPS) is 12.4. The van der Waals surface area contributed by atoms with E-state index in [1.54, 1.807) is 0 Å². The Bertz CT molecular complexity index is 561. The Hall–Kier alpha value is -1.67. The molecule has 2 aromatic rings. The zero-order valence-electron chi connectivity index (χ0n) is 12.0. The number of nitrogens with zero attached hydrogens (tertiary/aromatic N) is 1. The molecule has 0 amide bonds. The Labute approximate surface area is 115 Å². The predicted molar refractivity (Wildman–Crippen MR) is 80.2 cm³/mol. The first-order chi connectivity index (χ1) is 9.11. The number of pyridine rings is 1. The minimum absolute atomic E-state index is 0.141. The molecule has 100 valence electrons. The van der Waals surface area contributed by atoms with Crippen molar-refractivity contribution in [3.8, 4) is 0 Å². The van der Waals surface area contributed by atoms with Crippen LogP contribution >= 0.6 is 0 Å². The predicted octanol–water partition coefficient (Wildman–Crippen LogP) is 3.70. The second-order valence-electron chi connectivity index (χ2n) is 5.19. The highest BCUT2D eigenvalue weighted by Crippen LogP contribution is 2.22. The van der Waals surface area contributed by atoms with Crippen molar-refractivity contribution in [1.82, 2.24) is 4.98 Å². The molecule has 2 rings (SSSR count). The maximum atomic E-state index is 6.37. The van der Waals surface area contributed by atoms with Crippen LogP contribution < -0.4 is 5.73 Å². The van der Waals surface area contributed by atoms with E-state index in [9.17, 15) is 0 Å². The third kappa shape index (κ3) is 3.21. The fourth-order valence-electron chi connectivity index (χ4n) is 2.44. The van der Waals surface area contributed by atoms with Crippen LogP contribution in [-0.2, 0) is 6.42 Å². The molecule has 0 saturated heterocycles. The fourth-order valence-corrected chi connectivity index (χ4v) is 2.44. The van der Waals surface area contributed by atoms with Crippen LogP contribution in [0.25, 0.3) is 0 Å². The average Bonchev–Trinajstić information content (AvgIpc) is 2.39. The molecule has 1 heterocycles. The zero-order valence-corrected chi connectivity index (χ0v) is 12.0. The summed E-state index contributed by atoms with van der Waals surface area (Å²) in [7, 11) is 0. The van der Waals surface area contributed by atoms with Crippen LogP contribution in [0.5, 0.6) is 0 Å². The number of hydrogen-bond donors (Lipinski definition) is 1. The molecule has 1 aromatic heterocycles. The van der Waals surface area contributed by atoms with E-state index in [1.165, 1.54) is 11.1 Å². The largest absolute Gasteiger partial charge is 0.319 e. The van der Waals surface area contributed by atoms with Crippen molar-refractivity contribution in [3.63, 3.8) is 0 Å². The Balaban J connectivity index is 2.32. The SMILES string of the molecule is CCCc1cccc(C(N)c2ncc(C)cc2C)c1. The lowest BCUT2D eigenvalue weighted by Gasteiger charge is -2.15. The number of nitrogens with two attached hydrogens (primary N) is 1. The lowest BCUT2D eigenvalue weighted by atomic mass is 9.97. The van der Waals surface area contributed by atoms with Crippen molar-refractivity contribution >= 4 is 0 Å². The first kappa shape index (κ1) is 13.8. The highest BCUT2D eigenvalue weighted by molar-refractivity contribution is 5.35. The van der Waals surface area contributed by atoms with Gasteiger partial charge in [0, 0.05) is 6.20 Å². The summed E-state index contributed by atoms with van der Waals surface area (Å²) in [4.78, 5) is 4.50. The monoisotopic (exact) mass is 254 g/mol. The molecule has 19 heavy (non-hydrogen) atoms. The smallest absolute Gasteiger partial charge is 0.0729 e. The van der Waals surface area contributed by atoms with Gasteiger partial charge < -0.3 is 5.73 Å². The van der Waals surface area contributed by atoms with Gasteiger partial charge in [-0.3, -0.25) is 4.98 Å². The summed E-state index contributed by atoms with van der Waals surface area (Å²) in [6.07, 6.45) is 4.14. The first-order valence-corrected chi connectivity index (χ1v) is 6.89. The van der Waals surface area contributed by atoms with Crippen LogP contribution in [-0.4, -0.2) is 4.98 Å². The summed E-state index contributed by atoms with van der Waals surface area (Å²) in [5.74, 6) is 0. The molecule has 0 spiro atoms. The van der Waals surface area contributed by atoms with E-state index in [1.807, 2.05) is 6.20 Å². The fraction of sp³-hybridized carbons (Fsp3) is 0.353. The maximum absolute atomic E-state index is 6.37. The lowest BCUT2D eigenvalue weighted by Crippen LogP contribution is -2.15. The summed E-state index contributed by atoms with van der Waals surface area (Å²) in [5, 5.41) is 0. The summed E-state index contributed by atoms with van der Waals surface area (Å²) < 4.78 is 0. The number of rotatable bonds is 4. The second kappa shape index (κ2) is 5.98. The van der Waals surface area contributed by atoms with E-state index in [2.05, 4.69) is 56.1 Å². The number of aryl methyl sites for hydroxylation is 3. The van der Waals surface area contributed by atoms with Gasteiger partial charge in [-0.05, 0) is 42.5 Å². The maximum Gasteiger partial charge on any atom is 0.0729 e. The van der Waals surface area contributed by atoms with Crippen molar-refractivity contribution in [2.45, 2.75) is 39.7 Å². The molecule has 1 atom stereocenters. The average molecular weight is 254 g/mol. The standard InChI is InChI=1S/C17H22N2/c1-4-6-14-7-5-8-15(10-14)16(18)17-13(3)9-12(2)11-19-17/h5,7-11,16H,4,6,18H2,1-3H3. The third-order valence-electron chi connectivity index (χ3n) is 3.40. The highest BCUT2D eigenvalue weighted by atomic mass is 14.8. The number of benzene rings is 1. The van der Waals surface area contributed by atoms with Gasteiger partial charge in [0.1, 0.15) is 0 Å². The summed E-state index contributed by atoms with van der Waals surface area (Å²) in [6.45, 7) is 6.32. The molecule has 0 aliphatic rings. The number of aromatic nitrogens is 1. The van der Waals surface area contributed by atoms with Crippen LogP contribution in [0.15, 0.2) is 36.5 Å². The van der Waals surface area contributed by atoms with Crippen molar-refractivity contribution < 1.29 is 0 Å². The van der Waals surface area contributed by atoms with Gasteiger partial charge in [-0.1, -0.05) is 43.7 Å². The molecule has 0 fully saturated rings. The van der Waals surface area contributed by atoms with Gasteiger partial charge in [-0.2, -0.15) is 0 Å². The first-order valence-electron chi connectivity index (χ1n) is 6.89. The molecule has 0 radical (unpaired) electrons. The molecule has 2 heteroatoms. The Morgan fingerprint density at radius 1 is 1.21 bits per heavy atom. The molecule has 2 N–H and O–H groups in total. The van der Waals surface area contributed by atoms with Crippen LogP contribution in [0.3, 0.4) is 0 Å². The molecule has 0 aliphatic heterocycles. The zero-order chi connectivity index (χ0) is 13.8. The van der Waals surface area contributed by atoms with Crippen LogP contribution in [0.1, 0.15) is 47.3 Å². The Morgan fingerprint density at radius 2 is 2.00 bits per heavy atom. The Morgan fingerprint density at radius 3 is 2.68 bits per heavy atom. The Kier molecular flexibility index (Phi) is 4.33. The molecule has 2 nitrogen and oxygen atoms in total. The van der Waals surface area contributed by atoms with Gasteiger partial charge in [0.15, 0.2) is 0 Å². The van der Waals surface area contributed by atoms with Crippen molar-refractivity contribution in [1.29, 1.82) is 0 Å². The van der Waals surface area contributed by atoms with E-state index in [4.69, 9.17) is 5.73 Å². The molecule has 1 unspecified atom stereocenters. The van der Waals surface area contributed by atoms with E-state index >= 15 is 0 Å². The molecule has 0 bridgehead atoms. The molecule has 0 aliphatic carbocycles. The molecular weight excluding hydrogens is 232 g/mol. The minimum atomic E-state index is -0.141. The van der Waals surface area contributed by atoms with Gasteiger partial charge in [-0.15, -0.1) is 0 Å². The topological polar surface area (TPSA) is 38.9 Å². The second-order valence-corrected chi connectivity index (χ2v) is 5.19. The van der Waals surface area contributed by atoms with Crippen molar-refractivity contribution in [2.24, 2.45) is 5.73 Å². The highest BCUT2D eigenvalue weighted by Gasteiger charge is 2.13. The number of hydrogen-bond acceptors (Lipinski definition) is 2. The van der Waals surface area contributed by atoms with Crippen molar-refractivity contribution in [3.05, 3.63) is 64.5 Å². The van der Waals surface area contributed by atoms with Crippen LogP contribution in [0.4, 0.5) is 0 Å². The van der Waals surface area contributed by atoms with E-state index in [0.717, 1.165) is 29.7 Å². The summed E-state index contributed by atoms with van der Waals surface area (Å²) in [5.41, 5.74) is 12.2. The van der Waals surface area contributed by atoms with Gasteiger partial charge in [-0.25, -0.2) is 0 Å². The van der Waals surface area contributed by atoms with Gasteiger partial charge in [0.2, 0.25) is 0 Å². The van der Waals surface area contributed by atoms with Gasteiger partial charge in [0.25, 0.3) is 0 Å². The molecular formula is C17H22N2. The molecule has 0 saturated carbocycles. The minimum Gasteiger partial charge on any atom is -0.319 e. The quantitative estimate of drug-likeness (QED) is 0.903. The lowest BCUT2D eigenvalue weighted by molar-refractivity contribution is 0.810. The molecule has 1 aromatic carbocycles. The van der Waals surface area contributed by atoms with Gasteiger partial charge in [0.05, 0.1) is 11.7 Å². The van der Waals surface area contributed by atoms with Crippen molar-refractivity contribution in [2.75, 3.05) is 0 Å². The third-order valence-corrected chi connectivity index (χ3v) is 3.40. The summed E-state index contributed by atoms with van der Waals surface area (Å²) >= 11 is 0. The van der Waals surface area contributed by atoms with E-state index < -0.39 is 0 Å².